The molecule has 0 atom stereocenters. The largest absolute Gasteiger partial charge is 0.350 e. The first-order chi connectivity index (χ1) is 13.0. The van der Waals surface area contributed by atoms with Gasteiger partial charge >= 0.3 is 0 Å². The van der Waals surface area contributed by atoms with Crippen molar-refractivity contribution in [2.75, 3.05) is 6.54 Å². The van der Waals surface area contributed by atoms with Crippen LogP contribution in [-0.4, -0.2) is 22.2 Å². The summed E-state index contributed by atoms with van der Waals surface area (Å²) in [5.41, 5.74) is 1.72. The number of carbonyl (C=O) groups is 1. The van der Waals surface area contributed by atoms with Crippen molar-refractivity contribution in [1.29, 1.82) is 0 Å². The summed E-state index contributed by atoms with van der Waals surface area (Å²) < 4.78 is 1.58. The van der Waals surface area contributed by atoms with Gasteiger partial charge in [0.2, 0.25) is 5.43 Å². The predicted octanol–water partition coefficient (Wildman–Crippen LogP) is 3.82. The minimum atomic E-state index is -0.519. The van der Waals surface area contributed by atoms with E-state index in [0.717, 1.165) is 11.3 Å². The first kappa shape index (κ1) is 19.1. The number of hydrogen-bond acceptors (Lipinski definition) is 3. The standard InChI is InChI=1S/C20H17Cl2N3O2/c1-13-11-18(26)19(24-25(13)16-5-3-2-4-6-16)20(27)23-10-9-14-7-8-15(21)12-17(14)22/h2-8,11-12H,9-10H2,1H3,(H,23,27). The van der Waals surface area contributed by atoms with E-state index in [4.69, 9.17) is 23.2 Å². The van der Waals surface area contributed by atoms with Crippen LogP contribution in [0.4, 0.5) is 0 Å². The van der Waals surface area contributed by atoms with Crippen molar-refractivity contribution in [2.45, 2.75) is 13.3 Å². The minimum absolute atomic E-state index is 0.147. The Morgan fingerprint density at radius 1 is 1.11 bits per heavy atom. The third kappa shape index (κ3) is 4.56. The molecule has 1 amide bonds. The molecular formula is C20H17Cl2N3O2. The molecule has 7 heteroatoms. The fourth-order valence-corrected chi connectivity index (χ4v) is 3.16. The molecule has 27 heavy (non-hydrogen) atoms. The summed E-state index contributed by atoms with van der Waals surface area (Å²) in [6.07, 6.45) is 0.514. The van der Waals surface area contributed by atoms with Crippen LogP contribution < -0.4 is 10.7 Å². The molecule has 1 heterocycles. The van der Waals surface area contributed by atoms with Gasteiger partial charge in [-0.2, -0.15) is 5.10 Å². The van der Waals surface area contributed by atoms with E-state index in [1.165, 1.54) is 6.07 Å². The second-order valence-electron chi connectivity index (χ2n) is 5.99. The quantitative estimate of drug-likeness (QED) is 0.706. The Balaban J connectivity index is 1.75. The summed E-state index contributed by atoms with van der Waals surface area (Å²) in [5.74, 6) is -0.519. The lowest BCUT2D eigenvalue weighted by atomic mass is 10.1. The van der Waals surface area contributed by atoms with Crippen molar-refractivity contribution < 1.29 is 4.79 Å². The van der Waals surface area contributed by atoms with Crippen molar-refractivity contribution in [3.05, 3.63) is 91.8 Å². The van der Waals surface area contributed by atoms with E-state index in [1.54, 1.807) is 23.7 Å². The van der Waals surface area contributed by atoms with Crippen LogP contribution in [0.3, 0.4) is 0 Å². The van der Waals surface area contributed by atoms with Crippen molar-refractivity contribution in [1.82, 2.24) is 15.1 Å². The van der Waals surface area contributed by atoms with E-state index in [9.17, 15) is 9.59 Å². The second-order valence-corrected chi connectivity index (χ2v) is 6.83. The number of aryl methyl sites for hydroxylation is 1. The number of aromatic nitrogens is 2. The Hall–Kier alpha value is -2.63. The van der Waals surface area contributed by atoms with Crippen LogP contribution >= 0.6 is 23.2 Å². The van der Waals surface area contributed by atoms with E-state index in [-0.39, 0.29) is 5.69 Å². The number of para-hydroxylation sites is 1. The monoisotopic (exact) mass is 401 g/mol. The van der Waals surface area contributed by atoms with Gasteiger partial charge in [0.15, 0.2) is 5.69 Å². The number of nitrogens with zero attached hydrogens (tertiary/aromatic N) is 2. The molecule has 1 aromatic heterocycles. The lowest BCUT2D eigenvalue weighted by molar-refractivity contribution is 0.0946. The Morgan fingerprint density at radius 2 is 1.85 bits per heavy atom. The maximum Gasteiger partial charge on any atom is 0.275 e. The number of benzene rings is 2. The lowest BCUT2D eigenvalue weighted by Gasteiger charge is -2.11. The van der Waals surface area contributed by atoms with Crippen LogP contribution in [-0.2, 0) is 6.42 Å². The molecule has 0 aliphatic rings. The van der Waals surface area contributed by atoms with Gasteiger partial charge in [-0.3, -0.25) is 9.59 Å². The lowest BCUT2D eigenvalue weighted by Crippen LogP contribution is -2.33. The molecule has 0 aliphatic carbocycles. The van der Waals surface area contributed by atoms with Gasteiger partial charge in [-0.15, -0.1) is 0 Å². The zero-order chi connectivity index (χ0) is 19.4. The first-order valence-electron chi connectivity index (χ1n) is 8.34. The first-order valence-corrected chi connectivity index (χ1v) is 9.10. The summed E-state index contributed by atoms with van der Waals surface area (Å²) in [4.78, 5) is 24.7. The van der Waals surface area contributed by atoms with Crippen LogP contribution in [0, 0.1) is 6.92 Å². The molecule has 0 spiro atoms. The molecule has 0 saturated heterocycles. The van der Waals surface area contributed by atoms with Crippen LogP contribution in [0.5, 0.6) is 0 Å². The van der Waals surface area contributed by atoms with E-state index in [1.807, 2.05) is 36.4 Å². The minimum Gasteiger partial charge on any atom is -0.350 e. The van der Waals surface area contributed by atoms with Crippen LogP contribution in [0.2, 0.25) is 10.0 Å². The van der Waals surface area contributed by atoms with Crippen LogP contribution in [0.25, 0.3) is 5.69 Å². The molecule has 5 nitrogen and oxygen atoms in total. The predicted molar refractivity (Wildman–Crippen MR) is 107 cm³/mol. The second kappa shape index (κ2) is 8.37. The zero-order valence-electron chi connectivity index (χ0n) is 14.6. The van der Waals surface area contributed by atoms with Gasteiger partial charge in [0.25, 0.3) is 5.91 Å². The Bertz CT molecular complexity index is 1030. The molecule has 1 N–H and O–H groups in total. The van der Waals surface area contributed by atoms with E-state index >= 15 is 0 Å². The summed E-state index contributed by atoms with van der Waals surface area (Å²) in [7, 11) is 0. The molecule has 0 unspecified atom stereocenters. The third-order valence-corrected chi connectivity index (χ3v) is 4.61. The maximum absolute atomic E-state index is 12.4. The number of nitrogens with one attached hydrogen (secondary N) is 1. The van der Waals surface area contributed by atoms with Gasteiger partial charge in [-0.1, -0.05) is 47.5 Å². The fourth-order valence-electron chi connectivity index (χ4n) is 2.65. The number of hydrogen-bond donors (Lipinski definition) is 1. The van der Waals surface area contributed by atoms with Crippen molar-refractivity contribution in [2.24, 2.45) is 0 Å². The van der Waals surface area contributed by atoms with E-state index < -0.39 is 11.3 Å². The smallest absolute Gasteiger partial charge is 0.275 e. The molecule has 0 bridgehead atoms. The van der Waals surface area contributed by atoms with Gasteiger partial charge in [0.1, 0.15) is 0 Å². The topological polar surface area (TPSA) is 64.0 Å². The Morgan fingerprint density at radius 3 is 2.56 bits per heavy atom. The van der Waals surface area contributed by atoms with Gasteiger partial charge < -0.3 is 5.32 Å². The molecule has 3 rings (SSSR count). The molecule has 2 aromatic carbocycles. The number of halogens is 2. The van der Waals surface area contributed by atoms with Gasteiger partial charge in [0.05, 0.1) is 5.69 Å². The van der Waals surface area contributed by atoms with Crippen LogP contribution in [0.1, 0.15) is 21.7 Å². The average molecular weight is 402 g/mol. The van der Waals surface area contributed by atoms with E-state index in [2.05, 4.69) is 10.4 Å². The molecule has 0 saturated carbocycles. The summed E-state index contributed by atoms with van der Waals surface area (Å²) >= 11 is 12.0. The number of rotatable bonds is 5. The number of carbonyl (C=O) groups excluding carboxylic acids is 1. The van der Waals surface area contributed by atoms with Crippen molar-refractivity contribution in [3.8, 4) is 5.69 Å². The van der Waals surface area contributed by atoms with E-state index in [0.29, 0.717) is 28.7 Å². The average Bonchev–Trinajstić information content (AvgIpc) is 2.64. The molecule has 138 valence electrons. The fraction of sp³-hybridized carbons (Fsp3) is 0.150. The highest BCUT2D eigenvalue weighted by Gasteiger charge is 2.15. The van der Waals surface area contributed by atoms with Gasteiger partial charge in [-0.05, 0) is 43.2 Å². The Kier molecular flexibility index (Phi) is 5.94. The maximum atomic E-state index is 12.4. The van der Waals surface area contributed by atoms with Gasteiger partial charge in [-0.25, -0.2) is 4.68 Å². The summed E-state index contributed by atoms with van der Waals surface area (Å²) in [5, 5.41) is 8.06. The molecule has 0 fully saturated rings. The molecule has 0 aliphatic heterocycles. The SMILES string of the molecule is Cc1cc(=O)c(C(=O)NCCc2ccc(Cl)cc2Cl)nn1-c1ccccc1. The molecule has 0 radical (unpaired) electrons. The molecular weight excluding hydrogens is 385 g/mol. The Labute approximate surface area is 166 Å². The normalized spacial score (nSPS) is 10.6. The van der Waals surface area contributed by atoms with Crippen molar-refractivity contribution in [3.63, 3.8) is 0 Å². The summed E-state index contributed by atoms with van der Waals surface area (Å²) in [6, 6.07) is 15.9. The highest BCUT2D eigenvalue weighted by Crippen LogP contribution is 2.21. The summed E-state index contributed by atoms with van der Waals surface area (Å²) in [6.45, 7) is 2.09. The zero-order valence-corrected chi connectivity index (χ0v) is 16.1. The van der Waals surface area contributed by atoms with Gasteiger partial charge in [0, 0.05) is 28.4 Å². The highest BCUT2D eigenvalue weighted by molar-refractivity contribution is 6.35. The van der Waals surface area contributed by atoms with Crippen molar-refractivity contribution >= 4 is 29.1 Å². The number of amides is 1. The molecule has 3 aromatic rings. The highest BCUT2D eigenvalue weighted by atomic mass is 35.5. The van der Waals surface area contributed by atoms with Crippen LogP contribution in [0.15, 0.2) is 59.4 Å². The third-order valence-electron chi connectivity index (χ3n) is 4.02.